The van der Waals surface area contributed by atoms with Crippen LogP contribution in [0.15, 0.2) is 54.9 Å². The molecule has 10 heteroatoms. The van der Waals surface area contributed by atoms with Crippen molar-refractivity contribution in [3.05, 3.63) is 54.9 Å². The minimum atomic E-state index is -0.621. The fourth-order valence-electron chi connectivity index (χ4n) is 1.97. The van der Waals surface area contributed by atoms with E-state index in [1.165, 1.54) is 40.6 Å². The Morgan fingerprint density at radius 2 is 1.41 bits per heavy atom. The molecular formula is C19H20O8Se2. The van der Waals surface area contributed by atoms with E-state index in [-0.39, 0.29) is 23.9 Å². The maximum atomic E-state index is 12.1. The molecule has 1 aliphatic rings. The van der Waals surface area contributed by atoms with Crippen molar-refractivity contribution in [2.75, 3.05) is 28.4 Å². The van der Waals surface area contributed by atoms with Gasteiger partial charge in [0.05, 0.1) is 0 Å². The van der Waals surface area contributed by atoms with Crippen LogP contribution in [0, 0.1) is 0 Å². The summed E-state index contributed by atoms with van der Waals surface area (Å²) in [5.74, 6) is -0.438. The van der Waals surface area contributed by atoms with E-state index in [0.717, 1.165) is 0 Å². The molecule has 0 atom stereocenters. The van der Waals surface area contributed by atoms with Crippen molar-refractivity contribution >= 4 is 53.8 Å². The van der Waals surface area contributed by atoms with Crippen molar-refractivity contribution in [3.8, 4) is 0 Å². The van der Waals surface area contributed by atoms with Crippen LogP contribution >= 0.6 is 0 Å². The van der Waals surface area contributed by atoms with Crippen molar-refractivity contribution in [1.82, 2.24) is 0 Å². The van der Waals surface area contributed by atoms with E-state index in [1.54, 1.807) is 18.2 Å². The molecule has 0 aromatic rings. The van der Waals surface area contributed by atoms with Gasteiger partial charge >= 0.3 is 181 Å². The van der Waals surface area contributed by atoms with Crippen LogP contribution in [0.5, 0.6) is 0 Å². The third-order valence-electron chi connectivity index (χ3n) is 3.39. The third-order valence-corrected chi connectivity index (χ3v) is 7.03. The first kappa shape index (κ1) is 24.7. The van der Waals surface area contributed by atoms with Crippen molar-refractivity contribution in [2.45, 2.75) is 5.82 Å². The van der Waals surface area contributed by atoms with E-state index in [1.807, 2.05) is 5.82 Å². The van der Waals surface area contributed by atoms with Crippen LogP contribution in [0.1, 0.15) is 0 Å². The first-order chi connectivity index (χ1) is 13.8. The number of carbonyl (C=O) groups excluding carboxylic acids is 4. The Bertz CT molecular complexity index is 812. The fraction of sp³-hybridized carbons (Fsp3) is 0.263. The van der Waals surface area contributed by atoms with Gasteiger partial charge in [-0.05, 0) is 0 Å². The topological polar surface area (TPSA) is 105 Å². The molecule has 1 heterocycles. The molecule has 0 fully saturated rings. The summed E-state index contributed by atoms with van der Waals surface area (Å²) in [5, 5.41) is 0. The number of esters is 4. The van der Waals surface area contributed by atoms with Crippen molar-refractivity contribution in [3.63, 3.8) is 0 Å². The summed E-state index contributed by atoms with van der Waals surface area (Å²) in [4.78, 5) is 47.7. The predicted molar refractivity (Wildman–Crippen MR) is 106 cm³/mol. The van der Waals surface area contributed by atoms with Gasteiger partial charge in [0.1, 0.15) is 0 Å². The summed E-state index contributed by atoms with van der Waals surface area (Å²) in [6.45, 7) is 0. The van der Waals surface area contributed by atoms with Crippen LogP contribution in [0.4, 0.5) is 0 Å². The van der Waals surface area contributed by atoms with Gasteiger partial charge in [-0.1, -0.05) is 0 Å². The number of hydrogen-bond donors (Lipinski definition) is 0. The number of rotatable bonds is 7. The van der Waals surface area contributed by atoms with Gasteiger partial charge in [-0.25, -0.2) is 0 Å². The van der Waals surface area contributed by atoms with Gasteiger partial charge in [0.2, 0.25) is 0 Å². The average Bonchev–Trinajstić information content (AvgIpc) is 2.76. The Labute approximate surface area is 181 Å². The average molecular weight is 534 g/mol. The zero-order valence-electron chi connectivity index (χ0n) is 16.5. The van der Waals surface area contributed by atoms with Crippen LogP contribution in [0.3, 0.4) is 0 Å². The Morgan fingerprint density at radius 3 is 1.83 bits per heavy atom. The zero-order chi connectivity index (χ0) is 22.0. The van der Waals surface area contributed by atoms with Crippen molar-refractivity contribution in [1.29, 1.82) is 0 Å². The number of ether oxygens (including phenoxy) is 4. The molecule has 1 rings (SSSR count). The first-order valence-electron chi connectivity index (χ1n) is 7.93. The van der Waals surface area contributed by atoms with Crippen molar-refractivity contribution in [2.24, 2.45) is 0 Å². The quantitative estimate of drug-likeness (QED) is 0.203. The van der Waals surface area contributed by atoms with Crippen LogP contribution in [-0.4, -0.2) is 82.2 Å². The number of allylic oxidation sites excluding steroid dienone is 6. The molecule has 0 bridgehead atoms. The Balaban J connectivity index is 3.73. The monoisotopic (exact) mass is 536 g/mol. The molecule has 0 aliphatic carbocycles. The predicted octanol–water partition coefficient (Wildman–Crippen LogP) is 0.653. The summed E-state index contributed by atoms with van der Waals surface area (Å²) >= 11 is -0.842. The minimum absolute atomic E-state index is 0.222. The summed E-state index contributed by atoms with van der Waals surface area (Å²) in [6.07, 6.45) is 7.28. The molecule has 0 spiro atoms. The summed E-state index contributed by atoms with van der Waals surface area (Å²) < 4.78 is 19.9. The van der Waals surface area contributed by atoms with Gasteiger partial charge < -0.3 is 0 Å². The molecule has 0 unspecified atom stereocenters. The van der Waals surface area contributed by atoms with Gasteiger partial charge in [-0.3, -0.25) is 0 Å². The van der Waals surface area contributed by atoms with Gasteiger partial charge in [0.25, 0.3) is 0 Å². The van der Waals surface area contributed by atoms with Gasteiger partial charge in [0.15, 0.2) is 0 Å². The SMILES string of the molecule is COC(=O)/C=C/C(/C=C(/[Se]C)C(=O)OC)=C1C=C(C(=O)OC)[Se]C(C(=O)OC)=C1. The van der Waals surface area contributed by atoms with Gasteiger partial charge in [-0.2, -0.15) is 0 Å². The number of carbonyl (C=O) groups is 4. The molecule has 0 aromatic carbocycles. The van der Waals surface area contributed by atoms with Crippen LogP contribution in [0.25, 0.3) is 0 Å². The zero-order valence-corrected chi connectivity index (χ0v) is 19.9. The van der Waals surface area contributed by atoms with Crippen LogP contribution in [0.2, 0.25) is 5.82 Å². The second-order valence-electron chi connectivity index (χ2n) is 5.07. The molecule has 8 nitrogen and oxygen atoms in total. The van der Waals surface area contributed by atoms with Gasteiger partial charge in [0, 0.05) is 0 Å². The Kier molecular flexibility index (Phi) is 10.4. The standard InChI is InChI=1S/C19H20O8Se2/c1-24-16(20)7-6-11(8-13(28-5)17(21)25-2)12-9-14(18(22)26-3)29-15(10-12)19(23)27-4/h6-10H,1-5H3/b7-6+,13-8+. The molecule has 29 heavy (non-hydrogen) atoms. The van der Waals surface area contributed by atoms with Gasteiger partial charge in [-0.15, -0.1) is 0 Å². The fourth-order valence-corrected chi connectivity index (χ4v) is 4.98. The van der Waals surface area contributed by atoms with E-state index < -0.39 is 38.8 Å². The van der Waals surface area contributed by atoms with Crippen LogP contribution < -0.4 is 0 Å². The molecule has 0 aromatic heterocycles. The van der Waals surface area contributed by atoms with E-state index >= 15 is 0 Å². The van der Waals surface area contributed by atoms with E-state index in [4.69, 9.17) is 14.2 Å². The number of hydrogen-bond acceptors (Lipinski definition) is 8. The molecular weight excluding hydrogens is 514 g/mol. The Hall–Kier alpha value is -2.38. The summed E-state index contributed by atoms with van der Waals surface area (Å²) in [5.41, 5.74) is 0.850. The molecule has 0 amide bonds. The second-order valence-corrected chi connectivity index (χ2v) is 9.13. The summed E-state index contributed by atoms with van der Waals surface area (Å²) in [6, 6.07) is 0. The molecule has 0 saturated carbocycles. The van der Waals surface area contributed by atoms with Crippen molar-refractivity contribution < 1.29 is 38.1 Å². The molecule has 0 N–H and O–H groups in total. The molecule has 0 radical (unpaired) electrons. The van der Waals surface area contributed by atoms with E-state index in [0.29, 0.717) is 15.6 Å². The first-order valence-corrected chi connectivity index (χ1v) is 12.2. The van der Waals surface area contributed by atoms with Crippen LogP contribution in [-0.2, 0) is 38.1 Å². The Morgan fingerprint density at radius 1 is 0.862 bits per heavy atom. The number of methoxy groups -OCH3 is 4. The molecule has 1 aliphatic heterocycles. The van der Waals surface area contributed by atoms with E-state index in [9.17, 15) is 19.2 Å². The normalized spacial score (nSPS) is 14.0. The maximum absolute atomic E-state index is 12.1. The van der Waals surface area contributed by atoms with E-state index in [2.05, 4.69) is 4.74 Å². The summed E-state index contributed by atoms with van der Waals surface area (Å²) in [7, 11) is 4.99. The molecule has 156 valence electrons. The second kappa shape index (κ2) is 12.2. The third kappa shape index (κ3) is 7.18. The molecule has 0 saturated heterocycles.